The van der Waals surface area contributed by atoms with Crippen molar-refractivity contribution in [2.75, 3.05) is 0 Å². The third kappa shape index (κ3) is 2.53. The van der Waals surface area contributed by atoms with Gasteiger partial charge in [0.05, 0.1) is 4.88 Å². The molecule has 2 aromatic rings. The summed E-state index contributed by atoms with van der Waals surface area (Å²) in [5.74, 6) is 0. The number of hydrogen-bond donors (Lipinski definition) is 0. The van der Waals surface area contributed by atoms with E-state index in [9.17, 15) is 4.79 Å². The molecule has 1 radical (unpaired) electrons. The summed E-state index contributed by atoms with van der Waals surface area (Å²) in [6, 6.07) is 6.16. The van der Waals surface area contributed by atoms with Gasteiger partial charge in [-0.25, -0.2) is 9.78 Å². The molecule has 1 aromatic heterocycles. The molecule has 0 saturated heterocycles. The van der Waals surface area contributed by atoms with Crippen molar-refractivity contribution in [2.45, 2.75) is 20.5 Å². The molecule has 17 heavy (non-hydrogen) atoms. The van der Waals surface area contributed by atoms with Gasteiger partial charge in [-0.2, -0.15) is 0 Å². The molecule has 1 aromatic carbocycles. The van der Waals surface area contributed by atoms with E-state index in [1.54, 1.807) is 6.20 Å². The van der Waals surface area contributed by atoms with Crippen molar-refractivity contribution < 1.29 is 9.53 Å². The second-order valence-electron chi connectivity index (χ2n) is 3.75. The monoisotopic (exact) mass is 246 g/mol. The van der Waals surface area contributed by atoms with Gasteiger partial charge in [0.2, 0.25) is 0 Å². The van der Waals surface area contributed by atoms with Crippen LogP contribution in [-0.4, -0.2) is 11.5 Å². The van der Waals surface area contributed by atoms with E-state index in [2.05, 4.69) is 35.7 Å². The number of ether oxygens (including phenoxy) is 1. The van der Waals surface area contributed by atoms with E-state index in [0.29, 0.717) is 0 Å². The van der Waals surface area contributed by atoms with E-state index in [1.165, 1.54) is 28.9 Å². The van der Waals surface area contributed by atoms with Gasteiger partial charge in [-0.3, -0.25) is 0 Å². The average Bonchev–Trinajstić information content (AvgIpc) is 2.78. The third-order valence-electron chi connectivity index (χ3n) is 2.66. The molecule has 87 valence electrons. The minimum atomic E-state index is 0.242. The SMILES string of the molecule is Cc1cccc(-c2ncc(CO[C]=O)s2)c1C. The minimum absolute atomic E-state index is 0.242. The van der Waals surface area contributed by atoms with Gasteiger partial charge in [-0.15, -0.1) is 11.3 Å². The van der Waals surface area contributed by atoms with E-state index in [-0.39, 0.29) is 6.61 Å². The quantitative estimate of drug-likeness (QED) is 0.832. The Bertz CT molecular complexity index is 534. The average molecular weight is 246 g/mol. The van der Waals surface area contributed by atoms with Crippen molar-refractivity contribution >= 4 is 17.8 Å². The fourth-order valence-electron chi connectivity index (χ4n) is 1.58. The largest absolute Gasteiger partial charge is 0.451 e. The summed E-state index contributed by atoms with van der Waals surface area (Å²) in [6.45, 7) is 5.82. The topological polar surface area (TPSA) is 39.2 Å². The first-order chi connectivity index (χ1) is 8.22. The number of rotatable bonds is 4. The van der Waals surface area contributed by atoms with Gasteiger partial charge >= 0.3 is 6.47 Å². The zero-order chi connectivity index (χ0) is 12.3. The Morgan fingerprint density at radius 2 is 2.24 bits per heavy atom. The lowest BCUT2D eigenvalue weighted by atomic mass is 10.0. The van der Waals surface area contributed by atoms with Crippen LogP contribution >= 0.6 is 11.3 Å². The van der Waals surface area contributed by atoms with E-state index in [1.807, 2.05) is 6.07 Å². The molecule has 0 N–H and O–H groups in total. The molecule has 0 aliphatic rings. The molecule has 4 heteroatoms. The summed E-state index contributed by atoms with van der Waals surface area (Å²) in [4.78, 5) is 15.3. The van der Waals surface area contributed by atoms with Gasteiger partial charge in [0.15, 0.2) is 0 Å². The van der Waals surface area contributed by atoms with Crippen molar-refractivity contribution in [1.82, 2.24) is 4.98 Å². The maximum atomic E-state index is 9.99. The van der Waals surface area contributed by atoms with Gasteiger partial charge in [-0.05, 0) is 25.0 Å². The van der Waals surface area contributed by atoms with Crippen molar-refractivity contribution in [3.63, 3.8) is 0 Å². The number of thiazole rings is 1. The Morgan fingerprint density at radius 1 is 1.41 bits per heavy atom. The molecule has 0 fully saturated rings. The van der Waals surface area contributed by atoms with Crippen LogP contribution in [0.1, 0.15) is 16.0 Å². The molecule has 0 aliphatic carbocycles. The Kier molecular flexibility index (Phi) is 3.54. The molecule has 0 unspecified atom stereocenters. The normalized spacial score (nSPS) is 10.2. The first-order valence-corrected chi connectivity index (χ1v) is 6.04. The standard InChI is InChI=1S/C13H12NO2S/c1-9-4-3-5-12(10(9)2)13-14-6-11(17-13)7-16-8-15/h3-6H,7H2,1-2H3. The maximum Gasteiger partial charge on any atom is 0.417 e. The summed E-state index contributed by atoms with van der Waals surface area (Å²) >= 11 is 1.53. The zero-order valence-corrected chi connectivity index (χ0v) is 10.5. The number of benzene rings is 1. The number of aromatic nitrogens is 1. The van der Waals surface area contributed by atoms with Crippen LogP contribution in [0.5, 0.6) is 0 Å². The third-order valence-corrected chi connectivity index (χ3v) is 3.67. The molecular formula is C13H12NO2S. The Hall–Kier alpha value is -1.68. The fraction of sp³-hybridized carbons (Fsp3) is 0.231. The van der Waals surface area contributed by atoms with E-state index in [0.717, 1.165) is 15.4 Å². The highest BCUT2D eigenvalue weighted by atomic mass is 32.1. The molecule has 0 spiro atoms. The lowest BCUT2D eigenvalue weighted by Crippen LogP contribution is -1.85. The molecule has 3 nitrogen and oxygen atoms in total. The highest BCUT2D eigenvalue weighted by molar-refractivity contribution is 7.15. The van der Waals surface area contributed by atoms with Crippen LogP contribution in [0.25, 0.3) is 10.6 Å². The van der Waals surface area contributed by atoms with Crippen molar-refractivity contribution in [1.29, 1.82) is 0 Å². The van der Waals surface area contributed by atoms with Gasteiger partial charge in [0, 0.05) is 11.8 Å². The Labute approximate surface area is 104 Å². The molecule has 0 amide bonds. The molecule has 0 saturated carbocycles. The zero-order valence-electron chi connectivity index (χ0n) is 9.69. The molecule has 0 aliphatic heterocycles. The van der Waals surface area contributed by atoms with Crippen LogP contribution in [0.2, 0.25) is 0 Å². The van der Waals surface area contributed by atoms with E-state index in [4.69, 9.17) is 0 Å². The van der Waals surface area contributed by atoms with Crippen LogP contribution in [-0.2, 0) is 16.1 Å². The van der Waals surface area contributed by atoms with Gasteiger partial charge < -0.3 is 4.74 Å². The highest BCUT2D eigenvalue weighted by Crippen LogP contribution is 2.29. The summed E-state index contributed by atoms with van der Waals surface area (Å²) in [5, 5.41) is 0.954. The second-order valence-corrected chi connectivity index (χ2v) is 4.87. The lowest BCUT2D eigenvalue weighted by molar-refractivity contribution is 0.270. The summed E-state index contributed by atoms with van der Waals surface area (Å²) < 4.78 is 4.59. The van der Waals surface area contributed by atoms with Crippen molar-refractivity contribution in [3.8, 4) is 10.6 Å². The van der Waals surface area contributed by atoms with Gasteiger partial charge in [0.25, 0.3) is 0 Å². The number of aryl methyl sites for hydroxylation is 1. The van der Waals surface area contributed by atoms with Crippen LogP contribution in [0.15, 0.2) is 24.4 Å². The predicted octanol–water partition coefficient (Wildman–Crippen LogP) is 3.01. The highest BCUT2D eigenvalue weighted by Gasteiger charge is 2.08. The molecule has 0 bridgehead atoms. The van der Waals surface area contributed by atoms with Crippen molar-refractivity contribution in [3.05, 3.63) is 40.4 Å². The smallest absolute Gasteiger partial charge is 0.417 e. The predicted molar refractivity (Wildman–Crippen MR) is 67.5 cm³/mol. The van der Waals surface area contributed by atoms with Crippen LogP contribution < -0.4 is 0 Å². The second kappa shape index (κ2) is 5.10. The Balaban J connectivity index is 2.30. The number of nitrogens with zero attached hydrogens (tertiary/aromatic N) is 1. The summed E-state index contributed by atoms with van der Waals surface area (Å²) in [5.41, 5.74) is 3.62. The first kappa shape index (κ1) is 11.8. The van der Waals surface area contributed by atoms with Crippen LogP contribution in [0.4, 0.5) is 0 Å². The van der Waals surface area contributed by atoms with Crippen molar-refractivity contribution in [2.24, 2.45) is 0 Å². The summed E-state index contributed by atoms with van der Waals surface area (Å²) in [6.07, 6.45) is 1.74. The van der Waals surface area contributed by atoms with Crippen LogP contribution in [0.3, 0.4) is 0 Å². The minimum Gasteiger partial charge on any atom is -0.451 e. The fourth-order valence-corrected chi connectivity index (χ4v) is 2.49. The molecular weight excluding hydrogens is 234 g/mol. The van der Waals surface area contributed by atoms with E-state index >= 15 is 0 Å². The number of hydrogen-bond acceptors (Lipinski definition) is 4. The maximum absolute atomic E-state index is 9.99. The molecule has 2 rings (SSSR count). The molecule has 1 heterocycles. The summed E-state index contributed by atoms with van der Waals surface area (Å²) in [7, 11) is 0. The Morgan fingerprint density at radius 3 is 3.00 bits per heavy atom. The van der Waals surface area contributed by atoms with Gasteiger partial charge in [0.1, 0.15) is 11.6 Å². The lowest BCUT2D eigenvalue weighted by Gasteiger charge is -2.04. The van der Waals surface area contributed by atoms with E-state index < -0.39 is 0 Å². The van der Waals surface area contributed by atoms with Gasteiger partial charge in [-0.1, -0.05) is 18.2 Å². The molecule has 0 atom stereocenters. The number of carbonyl (C=O) groups excluding carboxylic acids is 1. The first-order valence-electron chi connectivity index (χ1n) is 5.22. The van der Waals surface area contributed by atoms with Crippen LogP contribution in [0, 0.1) is 13.8 Å².